The summed E-state index contributed by atoms with van der Waals surface area (Å²) in [6.07, 6.45) is 0. The molecule has 0 unspecified atom stereocenters. The van der Waals surface area contributed by atoms with E-state index in [9.17, 15) is 0 Å². The molecule has 0 saturated heterocycles. The summed E-state index contributed by atoms with van der Waals surface area (Å²) in [5.41, 5.74) is 12.5. The van der Waals surface area contributed by atoms with E-state index >= 15 is 0 Å². The highest BCUT2D eigenvalue weighted by molar-refractivity contribution is 7.26. The highest BCUT2D eigenvalue weighted by Gasteiger charge is 2.19. The van der Waals surface area contributed by atoms with Crippen molar-refractivity contribution in [3.8, 4) is 62.1 Å². The molecule has 0 bridgehead atoms. The summed E-state index contributed by atoms with van der Waals surface area (Å²) in [7, 11) is 0. The average molecular weight is 853 g/mol. The Kier molecular flexibility index (Phi) is 9.39. The lowest BCUT2D eigenvalue weighted by Crippen LogP contribution is -2.00. The first-order valence-electron chi connectivity index (χ1n) is 22.1. The monoisotopic (exact) mass is 852 g/mol. The van der Waals surface area contributed by atoms with E-state index in [-0.39, 0.29) is 0 Å². The van der Waals surface area contributed by atoms with E-state index in [0.717, 1.165) is 49.8 Å². The van der Waals surface area contributed by atoms with E-state index < -0.39 is 0 Å². The first-order valence-corrected chi connectivity index (χ1v) is 22.9. The summed E-state index contributed by atoms with van der Waals surface area (Å²) >= 11 is 1.87. The van der Waals surface area contributed by atoms with Gasteiger partial charge in [0.25, 0.3) is 0 Å². The number of para-hydroxylation sites is 3. The van der Waals surface area contributed by atoms with Gasteiger partial charge in [0, 0.05) is 69.7 Å². The molecule has 13 aromatic rings. The second kappa shape index (κ2) is 15.9. The molecule has 0 fully saturated rings. The molecule has 0 amide bonds. The van der Waals surface area contributed by atoms with Crippen molar-refractivity contribution in [2.75, 3.05) is 0 Å². The van der Waals surface area contributed by atoms with E-state index in [2.05, 4.69) is 156 Å². The summed E-state index contributed by atoms with van der Waals surface area (Å²) in [4.78, 5) is 15.2. The van der Waals surface area contributed by atoms with Crippen molar-refractivity contribution >= 4 is 75.3 Å². The average Bonchev–Trinajstić information content (AvgIpc) is 4.07. The Labute approximate surface area is 379 Å². The number of hydrogen-bond acceptors (Lipinski definition) is 5. The fourth-order valence-electron chi connectivity index (χ4n) is 9.32. The minimum atomic E-state index is 0.586. The van der Waals surface area contributed by atoms with Gasteiger partial charge in [-0.25, -0.2) is 15.0 Å². The van der Waals surface area contributed by atoms with Gasteiger partial charge in [-0.3, -0.25) is 0 Å². The Morgan fingerprint density at radius 3 is 1.74 bits per heavy atom. The number of thiophene rings is 1. The maximum absolute atomic E-state index is 6.27. The minimum absolute atomic E-state index is 0.586. The predicted molar refractivity (Wildman–Crippen MR) is 273 cm³/mol. The molecule has 6 heteroatoms. The van der Waals surface area contributed by atoms with Gasteiger partial charge < -0.3 is 8.98 Å². The topological polar surface area (TPSA) is 56.7 Å². The molecule has 308 valence electrons. The van der Waals surface area contributed by atoms with Gasteiger partial charge in [0.05, 0.1) is 11.0 Å². The van der Waals surface area contributed by atoms with Crippen molar-refractivity contribution in [3.63, 3.8) is 0 Å². The molecule has 65 heavy (non-hydrogen) atoms. The smallest absolute Gasteiger partial charge is 0.164 e. The zero-order valence-electron chi connectivity index (χ0n) is 35.7. The van der Waals surface area contributed by atoms with Gasteiger partial charge in [-0.2, -0.15) is 0 Å². The maximum Gasteiger partial charge on any atom is 0.164 e. The Morgan fingerprint density at radius 1 is 0.385 bits per heavy atom. The van der Waals surface area contributed by atoms with Crippen molar-refractivity contribution in [1.29, 1.82) is 0 Å². The maximum atomic E-state index is 6.27. The molecule has 4 heterocycles. The number of benzene rings is 9. The Morgan fingerprint density at radius 2 is 0.938 bits per heavy atom. The van der Waals surface area contributed by atoms with Crippen LogP contribution in [0.2, 0.25) is 0 Å². The lowest BCUT2D eigenvalue weighted by atomic mass is 9.96. The number of rotatable bonds is 6. The summed E-state index contributed by atoms with van der Waals surface area (Å²) in [6, 6.07) is 72.8. The fourth-order valence-corrected chi connectivity index (χ4v) is 10.6. The summed E-state index contributed by atoms with van der Waals surface area (Å²) < 4.78 is 11.3. The van der Waals surface area contributed by atoms with Gasteiger partial charge in [-0.05, 0) is 77.4 Å². The van der Waals surface area contributed by atoms with Crippen LogP contribution in [0.1, 0.15) is 13.8 Å². The van der Waals surface area contributed by atoms with E-state index in [1.165, 1.54) is 58.7 Å². The number of furan rings is 1. The van der Waals surface area contributed by atoms with E-state index in [0.29, 0.717) is 17.5 Å². The van der Waals surface area contributed by atoms with Crippen molar-refractivity contribution < 1.29 is 4.42 Å². The second-order valence-electron chi connectivity index (χ2n) is 15.9. The largest absolute Gasteiger partial charge is 0.456 e. The quantitative estimate of drug-likeness (QED) is 0.167. The Hall–Kier alpha value is -8.19. The van der Waals surface area contributed by atoms with Crippen molar-refractivity contribution in [3.05, 3.63) is 206 Å². The van der Waals surface area contributed by atoms with Crippen LogP contribution in [-0.2, 0) is 0 Å². The van der Waals surface area contributed by atoms with Gasteiger partial charge in [-0.1, -0.05) is 159 Å². The molecule has 0 N–H and O–H groups in total. The minimum Gasteiger partial charge on any atom is -0.456 e. The lowest BCUT2D eigenvalue weighted by molar-refractivity contribution is 0.669. The Balaban J connectivity index is 0.00000219. The van der Waals surface area contributed by atoms with Crippen LogP contribution in [-0.4, -0.2) is 19.5 Å². The summed E-state index contributed by atoms with van der Waals surface area (Å²) in [6.45, 7) is 4.00. The third-order valence-corrected chi connectivity index (χ3v) is 13.5. The van der Waals surface area contributed by atoms with E-state index in [4.69, 9.17) is 19.4 Å². The molecule has 13 rings (SSSR count). The van der Waals surface area contributed by atoms with Crippen LogP contribution < -0.4 is 0 Å². The van der Waals surface area contributed by atoms with Crippen LogP contribution in [0.3, 0.4) is 0 Å². The molecule has 0 aliphatic rings. The molecule has 0 radical (unpaired) electrons. The number of aromatic nitrogens is 4. The molecule has 4 aromatic heterocycles. The van der Waals surface area contributed by atoms with Crippen LogP contribution in [0.15, 0.2) is 211 Å². The van der Waals surface area contributed by atoms with E-state index in [1.807, 2.05) is 79.8 Å². The second-order valence-corrected chi connectivity index (χ2v) is 17.0. The molecule has 0 spiro atoms. The first-order chi connectivity index (χ1) is 32.2. The van der Waals surface area contributed by atoms with Crippen molar-refractivity contribution in [2.24, 2.45) is 0 Å². The van der Waals surface area contributed by atoms with Crippen LogP contribution >= 0.6 is 11.3 Å². The third-order valence-electron chi connectivity index (χ3n) is 12.3. The van der Waals surface area contributed by atoms with Gasteiger partial charge in [0.2, 0.25) is 0 Å². The van der Waals surface area contributed by atoms with Gasteiger partial charge in [-0.15, -0.1) is 11.3 Å². The van der Waals surface area contributed by atoms with E-state index in [1.54, 1.807) is 0 Å². The highest BCUT2D eigenvalue weighted by Crippen LogP contribution is 2.43. The molecular weight excluding hydrogens is 813 g/mol. The molecular formula is C59H40N4OS. The van der Waals surface area contributed by atoms with Crippen LogP contribution in [0, 0.1) is 0 Å². The van der Waals surface area contributed by atoms with Crippen LogP contribution in [0.25, 0.3) is 126 Å². The SMILES string of the molecule is CC.c1ccc(-c2nc(-c3ccc(-n4c5ccccc5c5cccc(-c6cccc(-c7cccc8c7sc7ccccc78)c6)c54)cc3)nc(-c3ccc4c(c3)oc3ccccc34)n2)cc1. The van der Waals surface area contributed by atoms with Gasteiger partial charge in [0.1, 0.15) is 11.2 Å². The predicted octanol–water partition coefficient (Wildman–Crippen LogP) is 16.6. The molecule has 0 atom stereocenters. The standard InChI is InChI=1S/C57H34N4OS.C2H6/c1-2-13-35(14-3-1)55-58-56(60-57(59-55)39-29-32-45-44-18-5-8-25-50(44)62-51(45)34-39)36-27-30-40(31-28-36)61-49-24-7-4-17-43(49)47-22-11-20-41(53(47)61)37-15-10-16-38(33-37)42-21-12-23-48-46-19-6-9-26-52(46)63-54(42)48;1-2/h1-34H;1-2H3. The van der Waals surface area contributed by atoms with Crippen LogP contribution in [0.4, 0.5) is 0 Å². The molecule has 0 saturated carbocycles. The van der Waals surface area contributed by atoms with Gasteiger partial charge in [0.15, 0.2) is 17.5 Å². The molecule has 0 aliphatic heterocycles. The molecule has 9 aromatic carbocycles. The van der Waals surface area contributed by atoms with Crippen molar-refractivity contribution in [1.82, 2.24) is 19.5 Å². The lowest BCUT2D eigenvalue weighted by Gasteiger charge is -2.14. The Bertz CT molecular complexity index is 3920. The summed E-state index contributed by atoms with van der Waals surface area (Å²) in [5.74, 6) is 1.80. The number of fused-ring (bicyclic) bond motifs is 9. The van der Waals surface area contributed by atoms with Gasteiger partial charge >= 0.3 is 0 Å². The fraction of sp³-hybridized carbons (Fsp3) is 0.0339. The summed E-state index contributed by atoms with van der Waals surface area (Å²) in [5, 5.41) is 7.18. The molecule has 5 nitrogen and oxygen atoms in total. The van der Waals surface area contributed by atoms with Crippen molar-refractivity contribution in [2.45, 2.75) is 13.8 Å². The zero-order chi connectivity index (χ0) is 43.4. The normalized spacial score (nSPS) is 11.5. The molecule has 0 aliphatic carbocycles. The number of nitrogens with zero attached hydrogens (tertiary/aromatic N) is 4. The van der Waals surface area contributed by atoms with Crippen LogP contribution in [0.5, 0.6) is 0 Å². The zero-order valence-corrected chi connectivity index (χ0v) is 36.6. The number of hydrogen-bond donors (Lipinski definition) is 0. The first kappa shape index (κ1) is 38.5. The highest BCUT2D eigenvalue weighted by atomic mass is 32.1. The third kappa shape index (κ3) is 6.49.